The lowest BCUT2D eigenvalue weighted by Crippen LogP contribution is -2.17. The maximum atomic E-state index is 13.9. The van der Waals surface area contributed by atoms with Gasteiger partial charge < -0.3 is 15.2 Å². The summed E-state index contributed by atoms with van der Waals surface area (Å²) in [5.41, 5.74) is 5.96. The van der Waals surface area contributed by atoms with Gasteiger partial charge in [-0.2, -0.15) is 0 Å². The summed E-state index contributed by atoms with van der Waals surface area (Å²) in [4.78, 5) is 0. The van der Waals surface area contributed by atoms with Crippen molar-refractivity contribution < 1.29 is 13.9 Å². The van der Waals surface area contributed by atoms with Gasteiger partial charge in [-0.3, -0.25) is 0 Å². The van der Waals surface area contributed by atoms with Crippen molar-refractivity contribution in [3.63, 3.8) is 0 Å². The maximum Gasteiger partial charge on any atom is 0.197 e. The van der Waals surface area contributed by atoms with Crippen molar-refractivity contribution >= 4 is 15.9 Å². The van der Waals surface area contributed by atoms with Crippen LogP contribution in [0.1, 0.15) is 5.56 Å². The summed E-state index contributed by atoms with van der Waals surface area (Å²) in [6.45, 7) is 1.23. The number of benzene rings is 1. The minimum absolute atomic E-state index is 0.202. The van der Waals surface area contributed by atoms with E-state index < -0.39 is 0 Å². The monoisotopic (exact) mass is 275 g/mol. The second-order valence-electron chi connectivity index (χ2n) is 3.21. The Morgan fingerprint density at radius 2 is 2.13 bits per heavy atom. The van der Waals surface area contributed by atoms with E-state index in [1.54, 1.807) is 6.07 Å². The molecule has 0 atom stereocenters. The van der Waals surface area contributed by atoms with Gasteiger partial charge in [-0.1, -0.05) is 15.9 Å². The lowest BCUT2D eigenvalue weighted by atomic mass is 10.1. The minimum atomic E-state index is -0.371. The smallest absolute Gasteiger partial charge is 0.197 e. The number of hydrogen-bond acceptors (Lipinski definition) is 3. The van der Waals surface area contributed by atoms with E-state index in [9.17, 15) is 4.39 Å². The second-order valence-corrected chi connectivity index (χ2v) is 4.07. The molecule has 5 heteroatoms. The van der Waals surface area contributed by atoms with Crippen molar-refractivity contribution in [3.05, 3.63) is 21.9 Å². The predicted octanol–water partition coefficient (Wildman–Crippen LogP) is 1.86. The lowest BCUT2D eigenvalue weighted by Gasteiger charge is -2.20. The van der Waals surface area contributed by atoms with Gasteiger partial charge in [0.1, 0.15) is 13.2 Å². The van der Waals surface area contributed by atoms with Crippen LogP contribution in [0.15, 0.2) is 10.5 Å². The van der Waals surface area contributed by atoms with Gasteiger partial charge in [0.05, 0.1) is 0 Å². The van der Waals surface area contributed by atoms with E-state index in [4.69, 9.17) is 15.2 Å². The molecule has 0 amide bonds. The molecule has 15 heavy (non-hydrogen) atoms. The molecule has 1 aliphatic heterocycles. The quantitative estimate of drug-likeness (QED) is 0.896. The average Bonchev–Trinajstić information content (AvgIpc) is 2.24. The number of ether oxygens (including phenoxy) is 2. The Hall–Kier alpha value is -0.810. The standard InChI is InChI=1S/C10H11BrFNO2/c11-7-5-8-10(15-4-3-14-8)9(12)6(7)1-2-13/h5H,1-4,13H2. The zero-order chi connectivity index (χ0) is 10.8. The highest BCUT2D eigenvalue weighted by molar-refractivity contribution is 9.10. The van der Waals surface area contributed by atoms with Gasteiger partial charge in [-0.05, 0) is 19.0 Å². The van der Waals surface area contributed by atoms with Crippen molar-refractivity contribution in [3.8, 4) is 11.5 Å². The molecule has 1 aromatic carbocycles. The van der Waals surface area contributed by atoms with E-state index in [1.165, 1.54) is 0 Å². The largest absolute Gasteiger partial charge is 0.486 e. The summed E-state index contributed by atoms with van der Waals surface area (Å²) in [6, 6.07) is 1.72. The fourth-order valence-corrected chi connectivity index (χ4v) is 2.11. The molecule has 2 rings (SSSR count). The molecule has 0 aromatic heterocycles. The first-order chi connectivity index (χ1) is 7.24. The molecule has 2 N–H and O–H groups in total. The second kappa shape index (κ2) is 4.37. The van der Waals surface area contributed by atoms with Gasteiger partial charge >= 0.3 is 0 Å². The molecule has 0 aliphatic carbocycles. The molecule has 82 valence electrons. The average molecular weight is 276 g/mol. The highest BCUT2D eigenvalue weighted by atomic mass is 79.9. The molecule has 0 fully saturated rings. The van der Waals surface area contributed by atoms with E-state index in [1.807, 2.05) is 0 Å². The van der Waals surface area contributed by atoms with Crippen LogP contribution in [-0.2, 0) is 6.42 Å². The summed E-state index contributed by atoms with van der Waals surface area (Å²) in [6.07, 6.45) is 0.475. The fourth-order valence-electron chi connectivity index (χ4n) is 1.53. The molecule has 0 saturated carbocycles. The third kappa shape index (κ3) is 1.94. The molecular weight excluding hydrogens is 265 g/mol. The molecule has 1 aliphatic rings. The molecule has 3 nitrogen and oxygen atoms in total. The summed E-state index contributed by atoms with van der Waals surface area (Å²) in [7, 11) is 0. The van der Waals surface area contributed by atoms with Gasteiger partial charge in [0.2, 0.25) is 0 Å². The molecule has 0 unspecified atom stereocenters. The van der Waals surface area contributed by atoms with Crippen molar-refractivity contribution in [2.75, 3.05) is 19.8 Å². The van der Waals surface area contributed by atoms with E-state index >= 15 is 0 Å². The van der Waals surface area contributed by atoms with Gasteiger partial charge in [0.25, 0.3) is 0 Å². The Morgan fingerprint density at radius 3 is 2.87 bits per heavy atom. The maximum absolute atomic E-state index is 13.9. The number of halogens is 2. The van der Waals surface area contributed by atoms with E-state index in [2.05, 4.69) is 15.9 Å². The van der Waals surface area contributed by atoms with Crippen LogP contribution in [-0.4, -0.2) is 19.8 Å². The zero-order valence-corrected chi connectivity index (χ0v) is 9.64. The van der Waals surface area contributed by atoms with Gasteiger partial charge in [-0.15, -0.1) is 0 Å². The highest BCUT2D eigenvalue weighted by Gasteiger charge is 2.21. The molecule has 0 bridgehead atoms. The first-order valence-corrected chi connectivity index (χ1v) is 5.50. The molecule has 1 heterocycles. The number of hydrogen-bond donors (Lipinski definition) is 1. The molecule has 0 saturated heterocycles. The zero-order valence-electron chi connectivity index (χ0n) is 8.06. The van der Waals surface area contributed by atoms with Gasteiger partial charge in [-0.25, -0.2) is 4.39 Å². The predicted molar refractivity (Wildman–Crippen MR) is 57.8 cm³/mol. The Labute approximate surface area is 95.5 Å². The molecule has 0 spiro atoms. The van der Waals surface area contributed by atoms with Crippen LogP contribution in [0, 0.1) is 5.82 Å². The van der Waals surface area contributed by atoms with Crippen LogP contribution in [0.2, 0.25) is 0 Å². The fraction of sp³-hybridized carbons (Fsp3) is 0.400. The normalized spacial score (nSPS) is 14.1. The van der Waals surface area contributed by atoms with E-state index in [-0.39, 0.29) is 11.6 Å². The highest BCUT2D eigenvalue weighted by Crippen LogP contribution is 2.38. The van der Waals surface area contributed by atoms with Crippen LogP contribution in [0.4, 0.5) is 4.39 Å². The van der Waals surface area contributed by atoms with Crippen molar-refractivity contribution in [1.82, 2.24) is 0 Å². The Bertz CT molecular complexity index is 384. The summed E-state index contributed by atoms with van der Waals surface area (Å²) < 4.78 is 25.1. The van der Waals surface area contributed by atoms with Crippen LogP contribution in [0.25, 0.3) is 0 Å². The van der Waals surface area contributed by atoms with Crippen LogP contribution in [0.5, 0.6) is 11.5 Å². The molecule has 0 radical (unpaired) electrons. The number of fused-ring (bicyclic) bond motifs is 1. The number of rotatable bonds is 2. The number of nitrogens with two attached hydrogens (primary N) is 1. The third-order valence-corrected chi connectivity index (χ3v) is 2.92. The Kier molecular flexibility index (Phi) is 3.11. The molecular formula is C10H11BrFNO2. The van der Waals surface area contributed by atoms with E-state index in [0.29, 0.717) is 42.0 Å². The van der Waals surface area contributed by atoms with Gasteiger partial charge in [0, 0.05) is 10.0 Å². The van der Waals surface area contributed by atoms with Crippen LogP contribution < -0.4 is 15.2 Å². The first kappa shape index (κ1) is 10.7. The van der Waals surface area contributed by atoms with Crippen molar-refractivity contribution in [2.24, 2.45) is 5.73 Å². The van der Waals surface area contributed by atoms with Crippen LogP contribution in [0.3, 0.4) is 0 Å². The van der Waals surface area contributed by atoms with E-state index in [0.717, 1.165) is 0 Å². The van der Waals surface area contributed by atoms with Gasteiger partial charge in [0.15, 0.2) is 17.3 Å². The SMILES string of the molecule is NCCc1c(Br)cc2c(c1F)OCCO2. The van der Waals surface area contributed by atoms with Crippen LogP contribution >= 0.6 is 15.9 Å². The Balaban J connectivity index is 2.49. The first-order valence-electron chi connectivity index (χ1n) is 4.70. The summed E-state index contributed by atoms with van der Waals surface area (Å²) >= 11 is 3.30. The summed E-state index contributed by atoms with van der Waals surface area (Å²) in [5.74, 6) is 0.281. The third-order valence-electron chi connectivity index (χ3n) is 2.22. The topological polar surface area (TPSA) is 44.5 Å². The van der Waals surface area contributed by atoms with Crippen molar-refractivity contribution in [2.45, 2.75) is 6.42 Å². The lowest BCUT2D eigenvalue weighted by molar-refractivity contribution is 0.163. The summed E-state index contributed by atoms with van der Waals surface area (Å²) in [5, 5.41) is 0. The molecule has 1 aromatic rings. The minimum Gasteiger partial charge on any atom is -0.486 e. The van der Waals surface area contributed by atoms with Crippen molar-refractivity contribution in [1.29, 1.82) is 0 Å². The Morgan fingerprint density at radius 1 is 1.40 bits per heavy atom.